The van der Waals surface area contributed by atoms with Crippen LogP contribution in [-0.4, -0.2) is 23.2 Å². The molecule has 0 aromatic heterocycles. The first-order valence-electron chi connectivity index (χ1n) is 5.86. The maximum atomic E-state index is 12.0. The van der Waals surface area contributed by atoms with E-state index >= 15 is 0 Å². The number of nitrogen functional groups attached to an aromatic ring is 1. The average Bonchev–Trinajstić information content (AvgIpc) is 2.27. The fourth-order valence-corrected chi connectivity index (χ4v) is 2.02. The lowest BCUT2D eigenvalue weighted by Gasteiger charge is -2.40. The normalized spacial score (nSPS) is 17.3. The Morgan fingerprint density at radius 1 is 1.53 bits per heavy atom. The van der Waals surface area contributed by atoms with Gasteiger partial charge in [-0.15, -0.1) is 0 Å². The van der Waals surface area contributed by atoms with Crippen molar-refractivity contribution in [3.05, 3.63) is 29.3 Å². The van der Waals surface area contributed by atoms with E-state index in [0.717, 1.165) is 24.8 Å². The number of rotatable bonds is 3. The van der Waals surface area contributed by atoms with Gasteiger partial charge in [0.2, 0.25) is 0 Å². The minimum absolute atomic E-state index is 0.0000828. The van der Waals surface area contributed by atoms with Gasteiger partial charge >= 0.3 is 0 Å². The van der Waals surface area contributed by atoms with Gasteiger partial charge < -0.3 is 16.2 Å². The Labute approximate surface area is 101 Å². The lowest BCUT2D eigenvalue weighted by atomic mass is 9.77. The van der Waals surface area contributed by atoms with Crippen LogP contribution in [0.2, 0.25) is 0 Å². The summed E-state index contributed by atoms with van der Waals surface area (Å²) in [6, 6.07) is 5.26. The van der Waals surface area contributed by atoms with E-state index in [1.165, 1.54) is 0 Å². The summed E-state index contributed by atoms with van der Waals surface area (Å²) in [5.74, 6) is -0.162. The lowest BCUT2D eigenvalue weighted by molar-refractivity contribution is 0.0641. The van der Waals surface area contributed by atoms with Crippen molar-refractivity contribution >= 4 is 11.6 Å². The van der Waals surface area contributed by atoms with E-state index in [1.54, 1.807) is 12.1 Å². The van der Waals surface area contributed by atoms with Crippen molar-refractivity contribution in [3.8, 4) is 0 Å². The minimum Gasteiger partial charge on any atom is -0.398 e. The molecule has 0 radical (unpaired) electrons. The van der Waals surface area contributed by atoms with Gasteiger partial charge in [-0.2, -0.15) is 0 Å². The van der Waals surface area contributed by atoms with Crippen molar-refractivity contribution in [1.29, 1.82) is 0 Å². The van der Waals surface area contributed by atoms with E-state index < -0.39 is 5.54 Å². The Hall–Kier alpha value is -1.55. The van der Waals surface area contributed by atoms with Gasteiger partial charge in [0.25, 0.3) is 5.91 Å². The molecule has 1 aromatic rings. The summed E-state index contributed by atoms with van der Waals surface area (Å²) < 4.78 is 0. The number of benzene rings is 1. The van der Waals surface area contributed by atoms with E-state index in [9.17, 15) is 9.90 Å². The van der Waals surface area contributed by atoms with E-state index in [1.807, 2.05) is 13.0 Å². The zero-order chi connectivity index (χ0) is 12.5. The number of nitrogens with two attached hydrogens (primary N) is 1. The second-order valence-corrected chi connectivity index (χ2v) is 4.82. The molecule has 2 rings (SSSR count). The maximum Gasteiger partial charge on any atom is 0.251 e. The number of aryl methyl sites for hydroxylation is 1. The first-order valence-corrected chi connectivity index (χ1v) is 5.86. The zero-order valence-electron chi connectivity index (χ0n) is 9.99. The van der Waals surface area contributed by atoms with Gasteiger partial charge in [-0.05, 0) is 43.9 Å². The molecule has 4 N–H and O–H groups in total. The van der Waals surface area contributed by atoms with Crippen LogP contribution in [-0.2, 0) is 0 Å². The highest BCUT2D eigenvalue weighted by Gasteiger charge is 2.37. The number of carbonyl (C=O) groups is 1. The summed E-state index contributed by atoms with van der Waals surface area (Å²) in [4.78, 5) is 12.0. The molecule has 1 aliphatic rings. The van der Waals surface area contributed by atoms with Gasteiger partial charge in [0.05, 0.1) is 12.1 Å². The predicted molar refractivity (Wildman–Crippen MR) is 66.7 cm³/mol. The summed E-state index contributed by atoms with van der Waals surface area (Å²) >= 11 is 0. The number of aliphatic hydroxyl groups is 1. The van der Waals surface area contributed by atoms with Gasteiger partial charge in [-0.3, -0.25) is 4.79 Å². The van der Waals surface area contributed by atoms with Crippen LogP contribution >= 0.6 is 0 Å². The molecule has 0 saturated heterocycles. The Morgan fingerprint density at radius 3 is 2.71 bits per heavy atom. The summed E-state index contributed by atoms with van der Waals surface area (Å²) in [7, 11) is 0. The molecule has 4 nitrogen and oxygen atoms in total. The molecule has 1 fully saturated rings. The van der Waals surface area contributed by atoms with E-state index in [4.69, 9.17) is 5.73 Å². The number of hydrogen-bond acceptors (Lipinski definition) is 3. The van der Waals surface area contributed by atoms with Crippen LogP contribution in [0.15, 0.2) is 18.2 Å². The molecule has 0 spiro atoms. The molecule has 17 heavy (non-hydrogen) atoms. The van der Waals surface area contributed by atoms with E-state index in [-0.39, 0.29) is 12.5 Å². The molecule has 1 aromatic carbocycles. The number of aliphatic hydroxyl groups excluding tert-OH is 1. The van der Waals surface area contributed by atoms with Crippen molar-refractivity contribution < 1.29 is 9.90 Å². The van der Waals surface area contributed by atoms with Crippen molar-refractivity contribution in [2.24, 2.45) is 0 Å². The topological polar surface area (TPSA) is 75.3 Å². The average molecular weight is 234 g/mol. The molecule has 92 valence electrons. The van der Waals surface area contributed by atoms with E-state index in [0.29, 0.717) is 11.3 Å². The summed E-state index contributed by atoms with van der Waals surface area (Å²) in [6.45, 7) is 1.90. The smallest absolute Gasteiger partial charge is 0.251 e. The Bertz CT molecular complexity index is 434. The van der Waals surface area contributed by atoms with Crippen LogP contribution in [0.4, 0.5) is 5.69 Å². The first kappa shape index (κ1) is 11.9. The van der Waals surface area contributed by atoms with Gasteiger partial charge in [-0.25, -0.2) is 0 Å². The maximum absolute atomic E-state index is 12.0. The standard InChI is InChI=1S/C13H18N2O2/c1-9-3-4-10(7-11(9)14)12(17)15-13(8-16)5-2-6-13/h3-4,7,16H,2,5-6,8,14H2,1H3,(H,15,17). The molecule has 1 aliphatic carbocycles. The molecule has 1 amide bonds. The molecule has 0 atom stereocenters. The largest absolute Gasteiger partial charge is 0.398 e. The third-order valence-corrected chi connectivity index (χ3v) is 3.53. The van der Waals surface area contributed by atoms with Gasteiger partial charge in [0, 0.05) is 11.3 Å². The molecule has 0 unspecified atom stereocenters. The van der Waals surface area contributed by atoms with Crippen molar-refractivity contribution in [3.63, 3.8) is 0 Å². The second-order valence-electron chi connectivity index (χ2n) is 4.82. The molecule has 0 bridgehead atoms. The molecular formula is C13H18N2O2. The second kappa shape index (κ2) is 4.37. The van der Waals surface area contributed by atoms with Gasteiger partial charge in [-0.1, -0.05) is 6.07 Å². The van der Waals surface area contributed by atoms with Crippen LogP contribution in [0.25, 0.3) is 0 Å². The minimum atomic E-state index is -0.406. The quantitative estimate of drug-likeness (QED) is 0.688. The first-order chi connectivity index (χ1) is 8.06. The monoisotopic (exact) mass is 234 g/mol. The lowest BCUT2D eigenvalue weighted by Crippen LogP contribution is -2.56. The molecular weight excluding hydrogens is 216 g/mol. The van der Waals surface area contributed by atoms with Crippen molar-refractivity contribution in [2.45, 2.75) is 31.7 Å². The Kier molecular flexibility index (Phi) is 3.07. The van der Waals surface area contributed by atoms with Crippen LogP contribution in [0.3, 0.4) is 0 Å². The molecule has 1 saturated carbocycles. The summed E-state index contributed by atoms with van der Waals surface area (Å²) in [5.41, 5.74) is 7.49. The third-order valence-electron chi connectivity index (χ3n) is 3.53. The number of hydrogen-bond donors (Lipinski definition) is 3. The molecule has 0 heterocycles. The van der Waals surface area contributed by atoms with Crippen LogP contribution in [0, 0.1) is 6.92 Å². The highest BCUT2D eigenvalue weighted by molar-refractivity contribution is 5.95. The van der Waals surface area contributed by atoms with Crippen LogP contribution < -0.4 is 11.1 Å². The van der Waals surface area contributed by atoms with Crippen LogP contribution in [0.5, 0.6) is 0 Å². The summed E-state index contributed by atoms with van der Waals surface area (Å²) in [6.07, 6.45) is 2.74. The SMILES string of the molecule is Cc1ccc(C(=O)NC2(CO)CCC2)cc1N. The number of carbonyl (C=O) groups excluding carboxylic acids is 1. The van der Waals surface area contributed by atoms with Gasteiger partial charge in [0.1, 0.15) is 0 Å². The Balaban J connectivity index is 2.11. The Morgan fingerprint density at radius 2 is 2.24 bits per heavy atom. The predicted octanol–water partition coefficient (Wildman–Crippen LogP) is 1.22. The summed E-state index contributed by atoms with van der Waals surface area (Å²) in [5, 5.41) is 12.2. The highest BCUT2D eigenvalue weighted by Crippen LogP contribution is 2.31. The van der Waals surface area contributed by atoms with Gasteiger partial charge in [0.15, 0.2) is 0 Å². The number of nitrogens with one attached hydrogen (secondary N) is 1. The van der Waals surface area contributed by atoms with Crippen molar-refractivity contribution in [1.82, 2.24) is 5.32 Å². The third kappa shape index (κ3) is 2.26. The fraction of sp³-hybridized carbons (Fsp3) is 0.462. The van der Waals surface area contributed by atoms with E-state index in [2.05, 4.69) is 5.32 Å². The zero-order valence-corrected chi connectivity index (χ0v) is 9.99. The van der Waals surface area contributed by atoms with Crippen LogP contribution in [0.1, 0.15) is 35.2 Å². The number of amides is 1. The number of anilines is 1. The highest BCUT2D eigenvalue weighted by atomic mass is 16.3. The molecule has 0 aliphatic heterocycles. The fourth-order valence-electron chi connectivity index (χ4n) is 2.02. The van der Waals surface area contributed by atoms with Crippen molar-refractivity contribution in [2.75, 3.05) is 12.3 Å². The molecule has 4 heteroatoms.